The van der Waals surface area contributed by atoms with E-state index in [4.69, 9.17) is 23.2 Å². The molecule has 1 aromatic heterocycles. The largest absolute Gasteiger partial charge is 0.376 e. The number of nitrogens with zero attached hydrogens (tertiary/aromatic N) is 1. The van der Waals surface area contributed by atoms with Crippen LogP contribution in [0, 0.1) is 11.3 Å². The van der Waals surface area contributed by atoms with Crippen LogP contribution in [0.1, 0.15) is 22.4 Å². The zero-order chi connectivity index (χ0) is 16.4. The zero-order valence-electron chi connectivity index (χ0n) is 12.1. The normalized spacial score (nSPS) is 12.6. The van der Waals surface area contributed by atoms with E-state index in [1.165, 1.54) is 16.2 Å². The fraction of sp³-hybridized carbons (Fsp3) is 0.250. The minimum absolute atomic E-state index is 0.0735. The van der Waals surface area contributed by atoms with Crippen molar-refractivity contribution >= 4 is 51.1 Å². The smallest absolute Gasteiger partial charge is 0.244 e. The van der Waals surface area contributed by atoms with Crippen LogP contribution < -0.4 is 10.6 Å². The summed E-state index contributed by atoms with van der Waals surface area (Å²) in [6.07, 6.45) is 2.99. The molecule has 0 unspecified atom stereocenters. The molecule has 1 amide bonds. The van der Waals surface area contributed by atoms with Crippen LogP contribution in [-0.4, -0.2) is 12.5 Å². The van der Waals surface area contributed by atoms with Gasteiger partial charge in [0, 0.05) is 20.6 Å². The summed E-state index contributed by atoms with van der Waals surface area (Å²) in [5.41, 5.74) is 2.39. The van der Waals surface area contributed by atoms with Gasteiger partial charge >= 0.3 is 0 Å². The Kier molecular flexibility index (Phi) is 4.76. The number of anilines is 2. The van der Waals surface area contributed by atoms with Gasteiger partial charge in [-0.1, -0.05) is 23.2 Å². The molecule has 0 aliphatic heterocycles. The maximum Gasteiger partial charge on any atom is 0.244 e. The van der Waals surface area contributed by atoms with Crippen LogP contribution in [0.5, 0.6) is 0 Å². The van der Waals surface area contributed by atoms with Crippen LogP contribution >= 0.6 is 34.5 Å². The average Bonchev–Trinajstić information content (AvgIpc) is 3.04. The first-order valence-electron chi connectivity index (χ1n) is 7.11. The molecule has 0 fully saturated rings. The van der Waals surface area contributed by atoms with Gasteiger partial charge in [-0.15, -0.1) is 11.3 Å². The lowest BCUT2D eigenvalue weighted by molar-refractivity contribution is -0.114. The van der Waals surface area contributed by atoms with Gasteiger partial charge in [0.25, 0.3) is 0 Å². The Morgan fingerprint density at radius 1 is 1.26 bits per heavy atom. The summed E-state index contributed by atoms with van der Waals surface area (Å²) in [6.45, 7) is 0.0735. The van der Waals surface area contributed by atoms with E-state index in [0.29, 0.717) is 26.3 Å². The minimum Gasteiger partial charge on any atom is -0.376 e. The quantitative estimate of drug-likeness (QED) is 0.839. The fourth-order valence-corrected chi connectivity index (χ4v) is 4.40. The molecule has 0 bridgehead atoms. The van der Waals surface area contributed by atoms with E-state index in [1.807, 2.05) is 0 Å². The molecule has 1 heterocycles. The predicted molar refractivity (Wildman–Crippen MR) is 94.6 cm³/mol. The van der Waals surface area contributed by atoms with Crippen molar-refractivity contribution in [2.45, 2.75) is 19.3 Å². The number of nitriles is 1. The first-order chi connectivity index (χ1) is 11.1. The highest BCUT2D eigenvalue weighted by atomic mass is 35.5. The third-order valence-corrected chi connectivity index (χ3v) is 5.25. The van der Waals surface area contributed by atoms with E-state index in [-0.39, 0.29) is 12.5 Å². The van der Waals surface area contributed by atoms with Gasteiger partial charge in [-0.05, 0) is 43.0 Å². The summed E-state index contributed by atoms with van der Waals surface area (Å²) in [4.78, 5) is 13.3. The van der Waals surface area contributed by atoms with E-state index in [9.17, 15) is 10.1 Å². The molecular weight excluding hydrogens is 353 g/mol. The highest BCUT2D eigenvalue weighted by Gasteiger charge is 2.22. The highest BCUT2D eigenvalue weighted by Crippen LogP contribution is 2.38. The number of halogens is 2. The molecule has 1 aromatic carbocycles. The van der Waals surface area contributed by atoms with Gasteiger partial charge in [0.15, 0.2) is 0 Å². The second-order valence-electron chi connectivity index (χ2n) is 5.23. The predicted octanol–water partition coefficient (Wildman–Crippen LogP) is 4.47. The molecule has 118 valence electrons. The van der Waals surface area contributed by atoms with E-state index < -0.39 is 0 Å². The average molecular weight is 366 g/mol. The van der Waals surface area contributed by atoms with E-state index >= 15 is 0 Å². The minimum atomic E-state index is -0.211. The van der Waals surface area contributed by atoms with Crippen LogP contribution in [0.25, 0.3) is 0 Å². The highest BCUT2D eigenvalue weighted by molar-refractivity contribution is 7.16. The lowest BCUT2D eigenvalue weighted by Crippen LogP contribution is -2.21. The topological polar surface area (TPSA) is 64.9 Å². The summed E-state index contributed by atoms with van der Waals surface area (Å²) in [6, 6.07) is 7.23. The number of nitrogens with one attached hydrogen (secondary N) is 2. The summed E-state index contributed by atoms with van der Waals surface area (Å²) < 4.78 is 0. The number of hydrogen-bond acceptors (Lipinski definition) is 4. The molecule has 3 rings (SSSR count). The van der Waals surface area contributed by atoms with Crippen LogP contribution in [-0.2, 0) is 17.6 Å². The molecule has 4 nitrogen and oxygen atoms in total. The number of rotatable bonds is 4. The van der Waals surface area contributed by atoms with Crippen molar-refractivity contribution in [2.75, 3.05) is 17.2 Å². The first-order valence-corrected chi connectivity index (χ1v) is 8.68. The molecule has 0 atom stereocenters. The maximum absolute atomic E-state index is 12.1. The number of carbonyl (C=O) groups is 1. The van der Waals surface area contributed by atoms with Crippen LogP contribution in [0.2, 0.25) is 10.0 Å². The van der Waals surface area contributed by atoms with Crippen LogP contribution in [0.4, 0.5) is 10.7 Å². The summed E-state index contributed by atoms with van der Waals surface area (Å²) in [5.74, 6) is -0.211. The molecule has 7 heteroatoms. The van der Waals surface area contributed by atoms with Gasteiger partial charge in [0.05, 0.1) is 12.1 Å². The van der Waals surface area contributed by atoms with Gasteiger partial charge in [-0.25, -0.2) is 0 Å². The van der Waals surface area contributed by atoms with Crippen LogP contribution in [0.3, 0.4) is 0 Å². The number of benzene rings is 1. The van der Waals surface area contributed by atoms with Crippen molar-refractivity contribution < 1.29 is 4.79 Å². The standard InChI is InChI=1S/C16H13Cl2N3OS/c17-9-4-10(18)6-11(5-9)20-8-15(22)21-16-13(7-19)12-2-1-3-14(12)23-16/h4-6,20H,1-3,8H2,(H,21,22). The Labute approximate surface area is 148 Å². The Balaban J connectivity index is 1.65. The van der Waals surface area contributed by atoms with Gasteiger partial charge in [-0.3, -0.25) is 4.79 Å². The van der Waals surface area contributed by atoms with Crippen molar-refractivity contribution in [1.29, 1.82) is 5.26 Å². The number of amides is 1. The van der Waals surface area contributed by atoms with Gasteiger partial charge in [0.1, 0.15) is 11.1 Å². The summed E-state index contributed by atoms with van der Waals surface area (Å²) >= 11 is 13.3. The number of aryl methyl sites for hydroxylation is 1. The Bertz CT molecular complexity index is 790. The Morgan fingerprint density at radius 2 is 2.00 bits per heavy atom. The third kappa shape index (κ3) is 3.61. The van der Waals surface area contributed by atoms with Crippen LogP contribution in [0.15, 0.2) is 18.2 Å². The second-order valence-corrected chi connectivity index (χ2v) is 7.21. The van der Waals surface area contributed by atoms with Gasteiger partial charge < -0.3 is 10.6 Å². The molecule has 0 saturated carbocycles. The monoisotopic (exact) mass is 365 g/mol. The Morgan fingerprint density at radius 3 is 2.70 bits per heavy atom. The van der Waals surface area contributed by atoms with E-state index in [0.717, 1.165) is 24.8 Å². The van der Waals surface area contributed by atoms with Crippen molar-refractivity contribution in [3.05, 3.63) is 44.2 Å². The molecule has 2 aromatic rings. The second kappa shape index (κ2) is 6.79. The zero-order valence-corrected chi connectivity index (χ0v) is 14.4. The maximum atomic E-state index is 12.1. The Hall–Kier alpha value is -1.74. The summed E-state index contributed by atoms with van der Waals surface area (Å²) in [7, 11) is 0. The lowest BCUT2D eigenvalue weighted by Gasteiger charge is -2.08. The first kappa shape index (κ1) is 16.1. The van der Waals surface area contributed by atoms with Crippen molar-refractivity contribution in [1.82, 2.24) is 0 Å². The molecule has 0 saturated heterocycles. The molecule has 1 aliphatic carbocycles. The lowest BCUT2D eigenvalue weighted by atomic mass is 10.1. The van der Waals surface area contributed by atoms with E-state index in [1.54, 1.807) is 18.2 Å². The molecule has 1 aliphatic rings. The SMILES string of the molecule is N#Cc1c(NC(=O)CNc2cc(Cl)cc(Cl)c2)sc2c1CCC2. The molecule has 2 N–H and O–H groups in total. The van der Waals surface area contributed by atoms with Crippen molar-refractivity contribution in [3.8, 4) is 6.07 Å². The molecular formula is C16H13Cl2N3OS. The molecule has 0 spiro atoms. The molecule has 0 radical (unpaired) electrons. The number of hydrogen-bond donors (Lipinski definition) is 2. The number of carbonyl (C=O) groups excluding carboxylic acids is 1. The van der Waals surface area contributed by atoms with Crippen molar-refractivity contribution in [2.24, 2.45) is 0 Å². The van der Waals surface area contributed by atoms with Gasteiger partial charge in [0.2, 0.25) is 5.91 Å². The third-order valence-electron chi connectivity index (χ3n) is 3.60. The van der Waals surface area contributed by atoms with Crippen molar-refractivity contribution in [3.63, 3.8) is 0 Å². The molecule has 23 heavy (non-hydrogen) atoms. The van der Waals surface area contributed by atoms with E-state index in [2.05, 4.69) is 16.7 Å². The number of thiophene rings is 1. The summed E-state index contributed by atoms with van der Waals surface area (Å²) in [5, 5.41) is 16.8. The fourth-order valence-electron chi connectivity index (χ4n) is 2.62. The number of fused-ring (bicyclic) bond motifs is 1. The van der Waals surface area contributed by atoms with Gasteiger partial charge in [-0.2, -0.15) is 5.26 Å².